The third-order valence-electron chi connectivity index (χ3n) is 4.57. The summed E-state index contributed by atoms with van der Waals surface area (Å²) in [4.78, 5) is 12.2. The molecular formula is C18H26O3. The van der Waals surface area contributed by atoms with Crippen molar-refractivity contribution in [1.29, 1.82) is 0 Å². The third kappa shape index (κ3) is 4.07. The fraction of sp³-hybridized carbons (Fsp3) is 0.611. The summed E-state index contributed by atoms with van der Waals surface area (Å²) in [6.45, 7) is 6.55. The molecule has 21 heavy (non-hydrogen) atoms. The van der Waals surface area contributed by atoms with Crippen LogP contribution in [0.3, 0.4) is 0 Å². The molecule has 1 saturated carbocycles. The molecule has 1 N–H and O–H groups in total. The van der Waals surface area contributed by atoms with Gasteiger partial charge in [0.05, 0.1) is 0 Å². The molecule has 2 rings (SSSR count). The van der Waals surface area contributed by atoms with E-state index in [1.54, 1.807) is 12.1 Å². The van der Waals surface area contributed by atoms with Gasteiger partial charge in [-0.15, -0.1) is 0 Å². The quantitative estimate of drug-likeness (QED) is 0.860. The van der Waals surface area contributed by atoms with Crippen molar-refractivity contribution in [1.82, 2.24) is 0 Å². The van der Waals surface area contributed by atoms with Gasteiger partial charge in [-0.3, -0.25) is 0 Å². The van der Waals surface area contributed by atoms with E-state index in [0.29, 0.717) is 23.3 Å². The van der Waals surface area contributed by atoms with Crippen molar-refractivity contribution >= 4 is 5.97 Å². The van der Waals surface area contributed by atoms with E-state index in [4.69, 9.17) is 4.74 Å². The van der Waals surface area contributed by atoms with E-state index in [-0.39, 0.29) is 6.10 Å². The molecule has 0 aliphatic heterocycles. The number of rotatable bonds is 4. The highest BCUT2D eigenvalue weighted by Crippen LogP contribution is 2.36. The lowest BCUT2D eigenvalue weighted by Gasteiger charge is -2.37. The second-order valence-corrected chi connectivity index (χ2v) is 6.61. The van der Waals surface area contributed by atoms with E-state index < -0.39 is 12.1 Å². The van der Waals surface area contributed by atoms with Crippen molar-refractivity contribution in [3.8, 4) is 0 Å². The maximum Gasteiger partial charge on any atom is 0.339 e. The average Bonchev–Trinajstić information content (AvgIpc) is 2.47. The molecular weight excluding hydrogens is 264 g/mol. The minimum Gasteiger partial charge on any atom is -0.460 e. The normalized spacial score (nSPS) is 27.4. The first-order chi connectivity index (χ1) is 9.99. The van der Waals surface area contributed by atoms with Crippen LogP contribution in [0.5, 0.6) is 0 Å². The monoisotopic (exact) mass is 290 g/mol. The molecule has 3 nitrogen and oxygen atoms in total. The molecule has 1 aromatic carbocycles. The molecule has 0 saturated heterocycles. The third-order valence-corrected chi connectivity index (χ3v) is 4.57. The van der Waals surface area contributed by atoms with Crippen molar-refractivity contribution in [3.63, 3.8) is 0 Å². The molecule has 1 aliphatic carbocycles. The number of carbonyl (C=O) groups excluding carboxylic acids is 1. The molecule has 0 spiro atoms. The van der Waals surface area contributed by atoms with E-state index in [0.717, 1.165) is 12.8 Å². The molecule has 1 fully saturated rings. The first-order valence-electron chi connectivity index (χ1n) is 7.92. The van der Waals surface area contributed by atoms with E-state index in [1.807, 2.05) is 18.2 Å². The van der Waals surface area contributed by atoms with Gasteiger partial charge < -0.3 is 9.84 Å². The number of ether oxygens (including phenoxy) is 1. The summed E-state index contributed by atoms with van der Waals surface area (Å²) in [7, 11) is 0. The number of aliphatic hydroxyl groups excluding tert-OH is 1. The summed E-state index contributed by atoms with van der Waals surface area (Å²) in [6, 6.07) is 8.97. The van der Waals surface area contributed by atoms with Crippen molar-refractivity contribution in [2.75, 3.05) is 0 Å². The van der Waals surface area contributed by atoms with Crippen LogP contribution < -0.4 is 0 Å². The molecule has 116 valence electrons. The largest absolute Gasteiger partial charge is 0.460 e. The highest BCUT2D eigenvalue weighted by Gasteiger charge is 2.34. The van der Waals surface area contributed by atoms with Gasteiger partial charge >= 0.3 is 5.97 Å². The summed E-state index contributed by atoms with van der Waals surface area (Å²) in [5, 5.41) is 10.1. The maximum atomic E-state index is 12.2. The zero-order valence-corrected chi connectivity index (χ0v) is 13.2. The molecule has 0 bridgehead atoms. The molecule has 0 unspecified atom stereocenters. The Balaban J connectivity index is 2.02. The van der Waals surface area contributed by atoms with Crippen molar-refractivity contribution in [2.45, 2.75) is 52.2 Å². The fourth-order valence-electron chi connectivity index (χ4n) is 3.24. The van der Waals surface area contributed by atoms with Gasteiger partial charge in [-0.1, -0.05) is 57.5 Å². The maximum absolute atomic E-state index is 12.2. The molecule has 1 aliphatic rings. The van der Waals surface area contributed by atoms with Crippen LogP contribution in [0.1, 0.15) is 51.7 Å². The van der Waals surface area contributed by atoms with Crippen LogP contribution >= 0.6 is 0 Å². The Morgan fingerprint density at radius 2 is 1.90 bits per heavy atom. The fourth-order valence-corrected chi connectivity index (χ4v) is 3.24. The SMILES string of the molecule is CC(C)[C@@H]1CC[C@H](C)C[C@H]1OC(=O)[C@H](O)c1ccccc1. The van der Waals surface area contributed by atoms with Crippen LogP contribution in [-0.4, -0.2) is 17.2 Å². The zero-order chi connectivity index (χ0) is 15.4. The van der Waals surface area contributed by atoms with Crippen molar-refractivity contribution in [3.05, 3.63) is 35.9 Å². The van der Waals surface area contributed by atoms with Gasteiger partial charge in [0.1, 0.15) is 6.10 Å². The van der Waals surface area contributed by atoms with Crippen LogP contribution in [0.4, 0.5) is 0 Å². The lowest BCUT2D eigenvalue weighted by atomic mass is 9.75. The molecule has 0 aromatic heterocycles. The lowest BCUT2D eigenvalue weighted by Crippen LogP contribution is -2.37. The second kappa shape index (κ2) is 7.08. The molecule has 0 heterocycles. The van der Waals surface area contributed by atoms with E-state index >= 15 is 0 Å². The number of hydrogen-bond donors (Lipinski definition) is 1. The highest BCUT2D eigenvalue weighted by atomic mass is 16.6. The lowest BCUT2D eigenvalue weighted by molar-refractivity contribution is -0.166. The second-order valence-electron chi connectivity index (χ2n) is 6.61. The molecule has 0 radical (unpaired) electrons. The van der Waals surface area contributed by atoms with Crippen molar-refractivity contribution < 1.29 is 14.6 Å². The zero-order valence-electron chi connectivity index (χ0n) is 13.2. The summed E-state index contributed by atoms with van der Waals surface area (Å²) in [6.07, 6.45) is 1.93. The first-order valence-corrected chi connectivity index (χ1v) is 7.92. The summed E-state index contributed by atoms with van der Waals surface area (Å²) < 4.78 is 5.66. The first kappa shape index (κ1) is 16.0. The van der Waals surface area contributed by atoms with Crippen LogP contribution in [0.15, 0.2) is 30.3 Å². The van der Waals surface area contributed by atoms with E-state index in [2.05, 4.69) is 20.8 Å². The molecule has 4 atom stereocenters. The van der Waals surface area contributed by atoms with Crippen LogP contribution in [0.25, 0.3) is 0 Å². The van der Waals surface area contributed by atoms with Crippen LogP contribution in [0.2, 0.25) is 0 Å². The minimum absolute atomic E-state index is 0.0698. The van der Waals surface area contributed by atoms with Gasteiger partial charge in [0, 0.05) is 0 Å². The number of esters is 1. The topological polar surface area (TPSA) is 46.5 Å². The van der Waals surface area contributed by atoms with Gasteiger partial charge in [0.2, 0.25) is 0 Å². The minimum atomic E-state index is -1.18. The number of benzene rings is 1. The summed E-state index contributed by atoms with van der Waals surface area (Å²) in [5.41, 5.74) is 0.590. The predicted octanol–water partition coefficient (Wildman–Crippen LogP) is 3.72. The van der Waals surface area contributed by atoms with Gasteiger partial charge in [-0.05, 0) is 36.2 Å². The Bertz CT molecular complexity index is 455. The van der Waals surface area contributed by atoms with E-state index in [1.165, 1.54) is 6.42 Å². The Kier molecular flexibility index (Phi) is 5.40. The smallest absolute Gasteiger partial charge is 0.339 e. The molecule has 3 heteroatoms. The number of carbonyl (C=O) groups is 1. The summed E-state index contributed by atoms with van der Waals surface area (Å²) in [5.74, 6) is 0.940. The van der Waals surface area contributed by atoms with E-state index in [9.17, 15) is 9.90 Å². The molecule has 0 amide bonds. The Labute approximate surface area is 127 Å². The van der Waals surface area contributed by atoms with Gasteiger partial charge in [0.15, 0.2) is 6.10 Å². The van der Waals surface area contributed by atoms with Crippen LogP contribution in [-0.2, 0) is 9.53 Å². The van der Waals surface area contributed by atoms with Gasteiger partial charge in [0.25, 0.3) is 0 Å². The van der Waals surface area contributed by atoms with Crippen LogP contribution in [0, 0.1) is 17.8 Å². The van der Waals surface area contributed by atoms with Gasteiger partial charge in [-0.25, -0.2) is 4.79 Å². The van der Waals surface area contributed by atoms with Gasteiger partial charge in [-0.2, -0.15) is 0 Å². The number of hydrogen-bond acceptors (Lipinski definition) is 3. The average molecular weight is 290 g/mol. The Hall–Kier alpha value is -1.35. The van der Waals surface area contributed by atoms with Crippen molar-refractivity contribution in [2.24, 2.45) is 17.8 Å². The molecule has 1 aromatic rings. The Morgan fingerprint density at radius 3 is 2.52 bits per heavy atom. The summed E-state index contributed by atoms with van der Waals surface area (Å²) >= 11 is 0. The number of aliphatic hydroxyl groups is 1. The predicted molar refractivity (Wildman–Crippen MR) is 82.6 cm³/mol. The Morgan fingerprint density at radius 1 is 1.24 bits per heavy atom. The standard InChI is InChI=1S/C18H26O3/c1-12(2)15-10-9-13(3)11-16(15)21-18(20)17(19)14-7-5-4-6-8-14/h4-8,12-13,15-17,19H,9-11H2,1-3H3/t13-,15-,16+,17+/m0/s1. The highest BCUT2D eigenvalue weighted by molar-refractivity contribution is 5.76.